The Morgan fingerprint density at radius 2 is 1.55 bits per heavy atom. The maximum Gasteiger partial charge on any atom is 0.416 e. The van der Waals surface area contributed by atoms with Gasteiger partial charge in [0.2, 0.25) is 0 Å². The van der Waals surface area contributed by atoms with Crippen molar-refractivity contribution in [2.45, 2.75) is 6.18 Å². The van der Waals surface area contributed by atoms with E-state index in [1.165, 1.54) is 18.2 Å². The van der Waals surface area contributed by atoms with Gasteiger partial charge in [-0.1, -0.05) is 12.1 Å². The minimum atomic E-state index is -4.58. The summed E-state index contributed by atoms with van der Waals surface area (Å²) in [6.07, 6.45) is -4.58. The van der Waals surface area contributed by atoms with E-state index in [1.54, 1.807) is 36.4 Å². The van der Waals surface area contributed by atoms with Crippen LogP contribution < -0.4 is 9.04 Å². The van der Waals surface area contributed by atoms with Crippen LogP contribution in [0.25, 0.3) is 0 Å². The van der Waals surface area contributed by atoms with Crippen LogP contribution in [-0.4, -0.2) is 8.76 Å². The topological polar surface area (TPSA) is 73.6 Å². The smallest absolute Gasteiger partial charge is 0.416 e. The van der Waals surface area contributed by atoms with Gasteiger partial charge < -0.3 is 4.74 Å². The summed E-state index contributed by atoms with van der Waals surface area (Å²) in [5.41, 5.74) is -0.416. The van der Waals surface area contributed by atoms with Gasteiger partial charge in [-0.3, -0.25) is 4.55 Å². The molecule has 3 aromatic rings. The average Bonchev–Trinajstić information content (AvgIpc) is 2.68. The molecule has 1 N–H and O–H groups in total. The summed E-state index contributed by atoms with van der Waals surface area (Å²) in [6.45, 7) is 0. The molecule has 0 spiro atoms. The van der Waals surface area contributed by atoms with Crippen LogP contribution in [0.4, 0.5) is 24.5 Å². The Morgan fingerprint density at radius 1 is 0.931 bits per heavy atom. The van der Waals surface area contributed by atoms with Crippen molar-refractivity contribution >= 4 is 22.6 Å². The molecule has 5 nitrogen and oxygen atoms in total. The summed E-state index contributed by atoms with van der Waals surface area (Å²) in [4.78, 5) is 0. The zero-order valence-electron chi connectivity index (χ0n) is 14.6. The van der Waals surface area contributed by atoms with E-state index in [0.29, 0.717) is 17.1 Å². The van der Waals surface area contributed by atoms with E-state index in [0.717, 1.165) is 22.5 Å². The standard InChI is InChI=1S/C20H13F3N2O3S/c21-20(22,23)15-3-1-4-16(11-15)25(29(26)27)17-5-2-6-19(12-17)28-18-9-7-14(13-24)8-10-18/h1-12H,(H,26,27). The second kappa shape index (κ2) is 8.34. The summed E-state index contributed by atoms with van der Waals surface area (Å²) in [5, 5.41) is 8.83. The first-order valence-electron chi connectivity index (χ1n) is 8.14. The van der Waals surface area contributed by atoms with Crippen LogP contribution in [0.5, 0.6) is 11.5 Å². The number of hydrogen-bond donors (Lipinski definition) is 1. The molecule has 0 aliphatic heterocycles. The van der Waals surface area contributed by atoms with Crippen molar-refractivity contribution in [1.82, 2.24) is 0 Å². The lowest BCUT2D eigenvalue weighted by atomic mass is 10.2. The largest absolute Gasteiger partial charge is 0.457 e. The van der Waals surface area contributed by atoms with Crippen LogP contribution in [0.15, 0.2) is 72.8 Å². The van der Waals surface area contributed by atoms with Gasteiger partial charge in [0, 0.05) is 6.07 Å². The molecule has 0 saturated heterocycles. The number of ether oxygens (including phenoxy) is 1. The monoisotopic (exact) mass is 418 g/mol. The third-order valence-corrected chi connectivity index (χ3v) is 4.57. The van der Waals surface area contributed by atoms with Crippen molar-refractivity contribution in [2.24, 2.45) is 0 Å². The van der Waals surface area contributed by atoms with Gasteiger partial charge in [0.1, 0.15) is 11.5 Å². The Bertz CT molecular complexity index is 1080. The predicted molar refractivity (Wildman–Crippen MR) is 102 cm³/mol. The number of nitrogens with zero attached hydrogens (tertiary/aromatic N) is 2. The van der Waals surface area contributed by atoms with E-state index in [2.05, 4.69) is 0 Å². The molecule has 148 valence electrons. The van der Waals surface area contributed by atoms with Crippen LogP contribution in [-0.2, 0) is 17.4 Å². The number of nitriles is 1. The van der Waals surface area contributed by atoms with Crippen molar-refractivity contribution in [3.05, 3.63) is 83.9 Å². The highest BCUT2D eigenvalue weighted by atomic mass is 32.2. The van der Waals surface area contributed by atoms with Crippen LogP contribution in [0.2, 0.25) is 0 Å². The highest BCUT2D eigenvalue weighted by molar-refractivity contribution is 7.81. The number of rotatable bonds is 5. The molecule has 1 unspecified atom stereocenters. The summed E-state index contributed by atoms with van der Waals surface area (Å²) < 4.78 is 67.1. The first-order valence-corrected chi connectivity index (χ1v) is 9.21. The van der Waals surface area contributed by atoms with Gasteiger partial charge in [0.25, 0.3) is 11.3 Å². The molecule has 0 heterocycles. The first kappa shape index (κ1) is 20.4. The summed E-state index contributed by atoms with van der Waals surface area (Å²) in [6, 6.07) is 18.5. The lowest BCUT2D eigenvalue weighted by Gasteiger charge is -2.21. The van der Waals surface area contributed by atoms with Crippen LogP contribution in [0.1, 0.15) is 11.1 Å². The fourth-order valence-corrected chi connectivity index (χ4v) is 3.13. The number of halogens is 3. The van der Waals surface area contributed by atoms with Gasteiger partial charge >= 0.3 is 6.18 Å². The minimum absolute atomic E-state index is 0.101. The highest BCUT2D eigenvalue weighted by Gasteiger charge is 2.31. The Balaban J connectivity index is 1.94. The zero-order chi connectivity index (χ0) is 21.0. The van der Waals surface area contributed by atoms with Crippen LogP contribution in [0, 0.1) is 11.3 Å². The van der Waals surface area contributed by atoms with E-state index in [4.69, 9.17) is 10.00 Å². The zero-order valence-corrected chi connectivity index (χ0v) is 15.4. The summed E-state index contributed by atoms with van der Waals surface area (Å²) in [7, 11) is 0. The Morgan fingerprint density at radius 3 is 2.14 bits per heavy atom. The van der Waals surface area contributed by atoms with Gasteiger partial charge in [-0.25, -0.2) is 8.51 Å². The van der Waals surface area contributed by atoms with Crippen LogP contribution >= 0.6 is 0 Å². The van der Waals surface area contributed by atoms with Crippen molar-refractivity contribution < 1.29 is 26.7 Å². The molecule has 1 atom stereocenters. The molecular weight excluding hydrogens is 405 g/mol. The number of hydrogen-bond acceptors (Lipinski definition) is 3. The number of alkyl halides is 3. The average molecular weight is 418 g/mol. The van der Waals surface area contributed by atoms with E-state index in [1.807, 2.05) is 6.07 Å². The second-order valence-corrected chi connectivity index (χ2v) is 6.64. The van der Waals surface area contributed by atoms with Crippen molar-refractivity contribution in [3.8, 4) is 17.6 Å². The van der Waals surface area contributed by atoms with Crippen molar-refractivity contribution in [2.75, 3.05) is 4.31 Å². The van der Waals surface area contributed by atoms with Gasteiger partial charge in [-0.15, -0.1) is 0 Å². The molecule has 3 rings (SSSR count). The fourth-order valence-electron chi connectivity index (χ4n) is 2.54. The molecule has 29 heavy (non-hydrogen) atoms. The van der Waals surface area contributed by atoms with E-state index < -0.39 is 23.0 Å². The number of benzene rings is 3. The fraction of sp³-hybridized carbons (Fsp3) is 0.0500. The molecule has 9 heteroatoms. The van der Waals surface area contributed by atoms with E-state index in [9.17, 15) is 21.9 Å². The van der Waals surface area contributed by atoms with Gasteiger partial charge in [-0.2, -0.15) is 18.4 Å². The quantitative estimate of drug-likeness (QED) is 0.544. The van der Waals surface area contributed by atoms with Gasteiger partial charge in [0.05, 0.1) is 28.6 Å². The molecule has 0 fully saturated rings. The van der Waals surface area contributed by atoms with Crippen molar-refractivity contribution in [3.63, 3.8) is 0 Å². The van der Waals surface area contributed by atoms with Crippen LogP contribution in [0.3, 0.4) is 0 Å². The molecule has 0 saturated carbocycles. The molecule has 0 aromatic heterocycles. The van der Waals surface area contributed by atoms with Crippen molar-refractivity contribution in [1.29, 1.82) is 5.26 Å². The van der Waals surface area contributed by atoms with E-state index >= 15 is 0 Å². The second-order valence-electron chi connectivity index (χ2n) is 5.81. The lowest BCUT2D eigenvalue weighted by molar-refractivity contribution is -0.137. The number of anilines is 2. The highest BCUT2D eigenvalue weighted by Crippen LogP contribution is 2.35. The third-order valence-electron chi connectivity index (χ3n) is 3.84. The maximum absolute atomic E-state index is 13.0. The lowest BCUT2D eigenvalue weighted by Crippen LogP contribution is -2.20. The normalized spacial score (nSPS) is 12.1. The first-order chi connectivity index (χ1) is 13.8. The molecule has 0 amide bonds. The Labute approximate surface area is 167 Å². The van der Waals surface area contributed by atoms with E-state index in [-0.39, 0.29) is 11.4 Å². The molecule has 0 bridgehead atoms. The third kappa shape index (κ3) is 4.93. The summed E-state index contributed by atoms with van der Waals surface area (Å²) in [5.74, 6) is 0.728. The molecular formula is C20H13F3N2O3S. The molecule has 0 radical (unpaired) electrons. The minimum Gasteiger partial charge on any atom is -0.457 e. The predicted octanol–water partition coefficient (Wildman–Crippen LogP) is 5.64. The molecule has 0 aliphatic rings. The molecule has 0 aliphatic carbocycles. The SMILES string of the molecule is N#Cc1ccc(Oc2cccc(N(c3cccc(C(F)(F)F)c3)S(=O)O)c2)cc1. The maximum atomic E-state index is 13.0. The Hall–Kier alpha value is -3.35. The Kier molecular flexibility index (Phi) is 5.87. The summed E-state index contributed by atoms with van der Waals surface area (Å²) >= 11 is -2.63. The molecule has 3 aromatic carbocycles. The van der Waals surface area contributed by atoms with Gasteiger partial charge in [-0.05, 0) is 54.6 Å². The van der Waals surface area contributed by atoms with Gasteiger partial charge in [0.15, 0.2) is 0 Å².